The van der Waals surface area contributed by atoms with Crippen molar-refractivity contribution in [3.8, 4) is 28.7 Å². The van der Waals surface area contributed by atoms with E-state index in [9.17, 15) is 9.59 Å². The van der Waals surface area contributed by atoms with Crippen LogP contribution < -0.4 is 24.3 Å². The Morgan fingerprint density at radius 1 is 0.878 bits per heavy atom. The molecule has 5 aromatic rings. The Kier molecular flexibility index (Phi) is 10.4. The fourth-order valence-corrected chi connectivity index (χ4v) is 7.07. The van der Waals surface area contributed by atoms with Crippen LogP contribution in [0.3, 0.4) is 0 Å². The highest BCUT2D eigenvalue weighted by atomic mass is 32.2. The number of hydrogen-bond donors (Lipinski definition) is 1. The summed E-state index contributed by atoms with van der Waals surface area (Å²) < 4.78 is 23.8. The average molecular weight is 699 g/mol. The van der Waals surface area contributed by atoms with Crippen molar-refractivity contribution in [2.24, 2.45) is 5.10 Å². The van der Waals surface area contributed by atoms with E-state index in [0.717, 1.165) is 21.8 Å². The van der Waals surface area contributed by atoms with Crippen LogP contribution in [0.1, 0.15) is 39.1 Å². The monoisotopic (exact) mass is 698 g/mol. The van der Waals surface area contributed by atoms with Gasteiger partial charge in [-0.1, -0.05) is 48.2 Å². The second kappa shape index (κ2) is 15.3. The van der Waals surface area contributed by atoms with Crippen LogP contribution in [0.5, 0.6) is 23.0 Å². The summed E-state index contributed by atoms with van der Waals surface area (Å²) in [6.45, 7) is 0.0852. The smallest absolute Gasteiger partial charge is 0.253 e. The van der Waals surface area contributed by atoms with Gasteiger partial charge in [-0.2, -0.15) is 5.10 Å². The lowest BCUT2D eigenvalue weighted by molar-refractivity contribution is -0.130. The van der Waals surface area contributed by atoms with Gasteiger partial charge in [0, 0.05) is 23.2 Å². The minimum absolute atomic E-state index is 0.0347. The molecule has 0 saturated carbocycles. The van der Waals surface area contributed by atoms with E-state index >= 15 is 0 Å². The number of hydrogen-bond acceptors (Lipinski definition) is 11. The van der Waals surface area contributed by atoms with Crippen LogP contribution in [0.2, 0.25) is 0 Å². The van der Waals surface area contributed by atoms with Crippen molar-refractivity contribution in [1.29, 1.82) is 0 Å². The van der Waals surface area contributed by atoms with E-state index in [1.165, 1.54) is 31.0 Å². The first-order valence-electron chi connectivity index (χ1n) is 15.2. The van der Waals surface area contributed by atoms with E-state index < -0.39 is 6.04 Å². The number of carbonyl (C=O) groups excluding carboxylic acids is 2. The summed E-state index contributed by atoms with van der Waals surface area (Å²) in [7, 11) is 6.22. The Hall–Kier alpha value is -5.34. The number of carbonyl (C=O) groups is 2. The zero-order valence-corrected chi connectivity index (χ0v) is 28.9. The van der Waals surface area contributed by atoms with Crippen LogP contribution in [-0.4, -0.2) is 71.5 Å². The van der Waals surface area contributed by atoms with Crippen LogP contribution in [0.4, 0.5) is 0 Å². The Morgan fingerprint density at radius 2 is 1.67 bits per heavy atom. The van der Waals surface area contributed by atoms with Crippen LogP contribution in [0.15, 0.2) is 94.5 Å². The predicted molar refractivity (Wildman–Crippen MR) is 187 cm³/mol. The molecule has 0 unspecified atom stereocenters. The molecular formula is C35H34N6O6S2. The SMILES string of the molecule is COc1ccc(C(=O)NCc2nnc(SCC(=O)N3N=C(c4cccs4)C[C@H]3c3cccc(OC)c3OC)n2-c2ccccc2)cc1OC. The highest BCUT2D eigenvalue weighted by molar-refractivity contribution is 7.99. The molecule has 0 radical (unpaired) electrons. The summed E-state index contributed by atoms with van der Waals surface area (Å²) in [6, 6.07) is 23.7. The fourth-order valence-electron chi connectivity index (χ4n) is 5.52. The Bertz CT molecular complexity index is 1960. The molecule has 6 rings (SSSR count). The molecule has 14 heteroatoms. The minimum atomic E-state index is -0.399. The van der Waals surface area contributed by atoms with Crippen molar-refractivity contribution in [3.63, 3.8) is 0 Å². The number of methoxy groups -OCH3 is 4. The van der Waals surface area contributed by atoms with Gasteiger partial charge in [-0.15, -0.1) is 21.5 Å². The highest BCUT2D eigenvalue weighted by Crippen LogP contribution is 2.42. The molecule has 0 aliphatic carbocycles. The summed E-state index contributed by atoms with van der Waals surface area (Å²) in [5, 5.41) is 20.6. The summed E-state index contributed by atoms with van der Waals surface area (Å²) in [6.07, 6.45) is 0.518. The van der Waals surface area contributed by atoms with E-state index in [0.29, 0.717) is 46.0 Å². The number of aromatic nitrogens is 3. The number of thiophene rings is 1. The molecule has 2 aromatic heterocycles. The first kappa shape index (κ1) is 33.6. The summed E-state index contributed by atoms with van der Waals surface area (Å²) in [4.78, 5) is 28.1. The fraction of sp³-hybridized carbons (Fsp3) is 0.229. The Balaban J connectivity index is 1.24. The van der Waals surface area contributed by atoms with Crippen molar-refractivity contribution in [1.82, 2.24) is 25.1 Å². The van der Waals surface area contributed by atoms with Gasteiger partial charge in [0.05, 0.1) is 57.4 Å². The Labute approximate surface area is 291 Å². The normalized spacial score (nSPS) is 13.9. The number of ether oxygens (including phenoxy) is 4. The number of benzene rings is 3. The maximum Gasteiger partial charge on any atom is 0.253 e. The number of nitrogens with one attached hydrogen (secondary N) is 1. The number of hydrazone groups is 1. The largest absolute Gasteiger partial charge is 0.493 e. The molecule has 0 spiro atoms. The first-order valence-corrected chi connectivity index (χ1v) is 17.1. The maximum atomic E-state index is 14.0. The molecule has 252 valence electrons. The molecule has 0 fully saturated rings. The van der Waals surface area contributed by atoms with E-state index in [-0.39, 0.29) is 24.1 Å². The van der Waals surface area contributed by atoms with Gasteiger partial charge in [-0.3, -0.25) is 14.2 Å². The topological polar surface area (TPSA) is 129 Å². The molecule has 1 aliphatic heterocycles. The van der Waals surface area contributed by atoms with Gasteiger partial charge in [-0.25, -0.2) is 5.01 Å². The van der Waals surface area contributed by atoms with Gasteiger partial charge >= 0.3 is 0 Å². The highest BCUT2D eigenvalue weighted by Gasteiger charge is 2.36. The minimum Gasteiger partial charge on any atom is -0.493 e. The lowest BCUT2D eigenvalue weighted by atomic mass is 9.99. The number of para-hydroxylation sites is 2. The van der Waals surface area contributed by atoms with Gasteiger partial charge in [0.25, 0.3) is 11.8 Å². The van der Waals surface area contributed by atoms with Gasteiger partial charge in [0.2, 0.25) is 0 Å². The second-order valence-electron chi connectivity index (χ2n) is 10.7. The lowest BCUT2D eigenvalue weighted by Crippen LogP contribution is -2.29. The van der Waals surface area contributed by atoms with E-state index in [1.54, 1.807) is 43.8 Å². The molecule has 1 N–H and O–H groups in total. The van der Waals surface area contributed by atoms with Gasteiger partial charge in [-0.05, 0) is 47.8 Å². The number of rotatable bonds is 13. The molecule has 12 nitrogen and oxygen atoms in total. The van der Waals surface area contributed by atoms with Crippen LogP contribution in [-0.2, 0) is 11.3 Å². The van der Waals surface area contributed by atoms with E-state index in [4.69, 9.17) is 24.0 Å². The number of thioether (sulfide) groups is 1. The summed E-state index contributed by atoms with van der Waals surface area (Å²) >= 11 is 2.82. The molecule has 1 atom stereocenters. The molecule has 1 aliphatic rings. The van der Waals surface area contributed by atoms with Crippen LogP contribution in [0.25, 0.3) is 5.69 Å². The standard InChI is InChI=1S/C35H34N6O6S2/c1-44-27-16-15-22(18-29(27)46-3)34(43)36-20-31-37-38-35(40(31)23-10-6-5-7-11-23)49-21-32(42)41-26(19-25(39-41)30-14-9-17-48-30)24-12-8-13-28(45-2)33(24)47-4/h5-18,26H,19-21H2,1-4H3,(H,36,43)/t26-/m0/s1. The molecule has 0 saturated heterocycles. The number of amides is 2. The van der Waals surface area contributed by atoms with Gasteiger partial charge in [0.15, 0.2) is 34.0 Å². The molecule has 3 heterocycles. The van der Waals surface area contributed by atoms with Gasteiger partial charge < -0.3 is 24.3 Å². The zero-order valence-electron chi connectivity index (χ0n) is 27.3. The van der Waals surface area contributed by atoms with Crippen molar-refractivity contribution in [2.75, 3.05) is 34.2 Å². The molecular weight excluding hydrogens is 665 g/mol. The molecule has 2 amide bonds. The summed E-state index contributed by atoms with van der Waals surface area (Å²) in [5.41, 5.74) is 2.81. The third-order valence-electron chi connectivity index (χ3n) is 7.86. The third-order valence-corrected chi connectivity index (χ3v) is 9.69. The molecule has 3 aromatic carbocycles. The summed E-state index contributed by atoms with van der Waals surface area (Å²) in [5.74, 6) is 2.11. The van der Waals surface area contributed by atoms with Crippen LogP contribution in [0, 0.1) is 0 Å². The van der Waals surface area contributed by atoms with Crippen molar-refractivity contribution < 1.29 is 28.5 Å². The average Bonchev–Trinajstić information content (AvgIpc) is 3.93. The van der Waals surface area contributed by atoms with Crippen molar-refractivity contribution >= 4 is 40.6 Å². The lowest BCUT2D eigenvalue weighted by Gasteiger charge is -2.24. The third kappa shape index (κ3) is 7.10. The van der Waals surface area contributed by atoms with Crippen molar-refractivity contribution in [2.45, 2.75) is 24.2 Å². The molecule has 49 heavy (non-hydrogen) atoms. The zero-order chi connectivity index (χ0) is 34.3. The van der Waals surface area contributed by atoms with E-state index in [2.05, 4.69) is 15.5 Å². The second-order valence-corrected chi connectivity index (χ2v) is 12.6. The predicted octanol–water partition coefficient (Wildman–Crippen LogP) is 5.76. The van der Waals surface area contributed by atoms with Gasteiger partial charge in [0.1, 0.15) is 0 Å². The maximum absolute atomic E-state index is 14.0. The molecule has 0 bridgehead atoms. The van der Waals surface area contributed by atoms with E-state index in [1.807, 2.05) is 70.6 Å². The van der Waals surface area contributed by atoms with Crippen LogP contribution >= 0.6 is 23.1 Å². The number of nitrogens with zero attached hydrogens (tertiary/aromatic N) is 5. The Morgan fingerprint density at radius 3 is 2.39 bits per heavy atom. The quantitative estimate of drug-likeness (QED) is 0.153. The van der Waals surface area contributed by atoms with Crippen molar-refractivity contribution in [3.05, 3.63) is 106 Å². The first-order chi connectivity index (χ1) is 23.9.